The normalized spacial score (nSPS) is 9.79. The van der Waals surface area contributed by atoms with E-state index >= 15 is 0 Å². The van der Waals surface area contributed by atoms with Crippen molar-refractivity contribution in [1.82, 2.24) is 0 Å². The smallest absolute Gasteiger partial charge is 0.386 e. The van der Waals surface area contributed by atoms with Gasteiger partial charge in [0.1, 0.15) is 0 Å². The second-order valence-corrected chi connectivity index (χ2v) is 5.15. The van der Waals surface area contributed by atoms with Gasteiger partial charge in [-0.25, -0.2) is 19.4 Å². The Kier molecular flexibility index (Phi) is 12.7. The van der Waals surface area contributed by atoms with Gasteiger partial charge in [0.25, 0.3) is 0 Å². The monoisotopic (exact) mass is 392 g/mol. The van der Waals surface area contributed by atoms with E-state index in [0.29, 0.717) is 37.6 Å². The summed E-state index contributed by atoms with van der Waals surface area (Å²) in [6.07, 6.45) is 0. The average molecular weight is 392 g/mol. The quantitative estimate of drug-likeness (QED) is 0.376. The van der Waals surface area contributed by atoms with Crippen molar-refractivity contribution in [2.45, 2.75) is 0 Å². The van der Waals surface area contributed by atoms with E-state index in [9.17, 15) is 9.59 Å². The summed E-state index contributed by atoms with van der Waals surface area (Å²) < 4.78 is 9.75. The third-order valence-corrected chi connectivity index (χ3v) is 3.06. The molecular formula is C20H24O8. The molecule has 8 nitrogen and oxygen atoms in total. The minimum absolute atomic E-state index is 0.0417. The molecule has 0 heterocycles. The van der Waals surface area contributed by atoms with Crippen LogP contribution in [0, 0.1) is 0 Å². The highest BCUT2D eigenvalue weighted by molar-refractivity contribution is 5.92. The van der Waals surface area contributed by atoms with Crippen LogP contribution in [0.1, 0.15) is 20.7 Å². The number of hydrogen-bond donors (Lipinski definition) is 2. The molecule has 0 saturated heterocycles. The predicted octanol–water partition coefficient (Wildman–Crippen LogP) is 1.62. The number of hydrogen-bond acceptors (Lipinski definition) is 8. The minimum atomic E-state index is -0.708. The lowest BCUT2D eigenvalue weighted by molar-refractivity contribution is -0.187. The zero-order valence-corrected chi connectivity index (χ0v) is 15.4. The van der Waals surface area contributed by atoms with Crippen LogP contribution in [0.5, 0.6) is 0 Å². The van der Waals surface area contributed by atoms with E-state index in [2.05, 4.69) is 9.78 Å². The Bertz CT molecular complexity index is 601. The Balaban J connectivity index is 0.000000336. The minimum Gasteiger partial charge on any atom is -0.394 e. The number of ether oxygens (including phenoxy) is 2. The maximum absolute atomic E-state index is 11.5. The first-order valence-corrected chi connectivity index (χ1v) is 8.59. The Morgan fingerprint density at radius 3 is 1.29 bits per heavy atom. The fourth-order valence-electron chi connectivity index (χ4n) is 1.77. The summed E-state index contributed by atoms with van der Waals surface area (Å²) in [5, 5.41) is 16.5. The van der Waals surface area contributed by atoms with Crippen molar-refractivity contribution in [3.05, 3.63) is 71.8 Å². The summed E-state index contributed by atoms with van der Waals surface area (Å²) in [4.78, 5) is 31.9. The number of aliphatic hydroxyl groups excluding tert-OH is 2. The van der Waals surface area contributed by atoms with Crippen molar-refractivity contribution in [1.29, 1.82) is 0 Å². The zero-order chi connectivity index (χ0) is 20.5. The summed E-state index contributed by atoms with van der Waals surface area (Å²) in [7, 11) is 0. The topological polar surface area (TPSA) is 112 Å². The zero-order valence-electron chi connectivity index (χ0n) is 15.4. The van der Waals surface area contributed by atoms with Gasteiger partial charge in [0.15, 0.2) is 0 Å². The first-order chi connectivity index (χ1) is 13.7. The standard InChI is InChI=1S/C14H10O4.C6H14O4/c15-13(11-7-3-1-4-8-11)17-18-14(16)12-9-5-2-6-10-12;7-1-3-9-5-6-10-4-2-8/h1-10H;7-8H,1-6H2. The van der Waals surface area contributed by atoms with Crippen LogP contribution in [-0.2, 0) is 19.2 Å². The van der Waals surface area contributed by atoms with Gasteiger partial charge in [-0.15, -0.1) is 0 Å². The predicted molar refractivity (Wildman–Crippen MR) is 99.5 cm³/mol. The lowest BCUT2D eigenvalue weighted by Crippen LogP contribution is -2.11. The fourth-order valence-corrected chi connectivity index (χ4v) is 1.77. The lowest BCUT2D eigenvalue weighted by Gasteiger charge is -2.02. The molecule has 0 amide bonds. The Morgan fingerprint density at radius 1 is 0.607 bits per heavy atom. The Hall–Kier alpha value is -2.78. The fraction of sp³-hybridized carbons (Fsp3) is 0.300. The van der Waals surface area contributed by atoms with Crippen molar-refractivity contribution in [3.63, 3.8) is 0 Å². The maximum atomic E-state index is 11.5. The van der Waals surface area contributed by atoms with Gasteiger partial charge in [0.05, 0.1) is 50.8 Å². The third-order valence-electron chi connectivity index (χ3n) is 3.06. The average Bonchev–Trinajstić information content (AvgIpc) is 2.76. The van der Waals surface area contributed by atoms with E-state index in [0.717, 1.165) is 0 Å². The highest BCUT2D eigenvalue weighted by atomic mass is 17.2. The molecule has 2 N–H and O–H groups in total. The highest BCUT2D eigenvalue weighted by Crippen LogP contribution is 2.05. The summed E-state index contributed by atoms with van der Waals surface area (Å²) in [6.45, 7) is 1.73. The molecule has 0 radical (unpaired) electrons. The van der Waals surface area contributed by atoms with Gasteiger partial charge < -0.3 is 19.7 Å². The SMILES string of the molecule is O=C(OOC(=O)c1ccccc1)c1ccccc1.OCCOCCOCCO. The molecule has 0 aromatic heterocycles. The van der Waals surface area contributed by atoms with E-state index < -0.39 is 11.9 Å². The molecule has 0 saturated carbocycles. The second kappa shape index (κ2) is 15.3. The Labute approximate surface area is 163 Å². The van der Waals surface area contributed by atoms with Crippen LogP contribution in [0.2, 0.25) is 0 Å². The molecule has 28 heavy (non-hydrogen) atoms. The van der Waals surface area contributed by atoms with E-state index in [4.69, 9.17) is 19.7 Å². The molecule has 0 aliphatic rings. The molecule has 0 spiro atoms. The van der Waals surface area contributed by atoms with Crippen molar-refractivity contribution in [2.75, 3.05) is 39.6 Å². The van der Waals surface area contributed by atoms with Crippen LogP contribution in [0.25, 0.3) is 0 Å². The van der Waals surface area contributed by atoms with Gasteiger partial charge in [-0.2, -0.15) is 0 Å². The molecule has 2 aromatic carbocycles. The van der Waals surface area contributed by atoms with Gasteiger partial charge in [-0.1, -0.05) is 36.4 Å². The van der Waals surface area contributed by atoms with E-state index in [1.807, 2.05) is 0 Å². The molecule has 0 aliphatic carbocycles. The van der Waals surface area contributed by atoms with Crippen LogP contribution in [0.4, 0.5) is 0 Å². The molecule has 0 fully saturated rings. The third kappa shape index (κ3) is 10.4. The molecule has 2 rings (SSSR count). The van der Waals surface area contributed by atoms with Crippen molar-refractivity contribution in [3.8, 4) is 0 Å². The number of benzene rings is 2. The van der Waals surface area contributed by atoms with Crippen LogP contribution < -0.4 is 0 Å². The first-order valence-electron chi connectivity index (χ1n) is 8.59. The van der Waals surface area contributed by atoms with Gasteiger partial charge in [-0.3, -0.25) is 0 Å². The molecule has 8 heteroatoms. The van der Waals surface area contributed by atoms with Gasteiger partial charge in [0.2, 0.25) is 0 Å². The molecule has 2 aromatic rings. The van der Waals surface area contributed by atoms with Crippen LogP contribution >= 0.6 is 0 Å². The summed E-state index contributed by atoms with van der Waals surface area (Å²) in [5.74, 6) is -1.42. The largest absolute Gasteiger partial charge is 0.394 e. The number of rotatable bonds is 9. The van der Waals surface area contributed by atoms with E-state index in [1.165, 1.54) is 0 Å². The van der Waals surface area contributed by atoms with Crippen LogP contribution in [0.3, 0.4) is 0 Å². The first kappa shape index (κ1) is 23.3. The summed E-state index contributed by atoms with van der Waals surface area (Å²) in [6, 6.07) is 16.6. The molecule has 0 unspecified atom stereocenters. The van der Waals surface area contributed by atoms with Crippen molar-refractivity contribution < 1.29 is 39.1 Å². The summed E-state index contributed by atoms with van der Waals surface area (Å²) >= 11 is 0. The molecular weight excluding hydrogens is 368 g/mol. The van der Waals surface area contributed by atoms with Gasteiger partial charge >= 0.3 is 11.9 Å². The van der Waals surface area contributed by atoms with E-state index in [1.54, 1.807) is 60.7 Å². The highest BCUT2D eigenvalue weighted by Gasteiger charge is 2.12. The second-order valence-electron chi connectivity index (χ2n) is 5.15. The molecule has 152 valence electrons. The number of carbonyl (C=O) groups is 2. The van der Waals surface area contributed by atoms with Crippen LogP contribution in [0.15, 0.2) is 60.7 Å². The van der Waals surface area contributed by atoms with E-state index in [-0.39, 0.29) is 13.2 Å². The molecule has 0 aliphatic heterocycles. The molecule has 0 bridgehead atoms. The van der Waals surface area contributed by atoms with Crippen molar-refractivity contribution in [2.24, 2.45) is 0 Å². The number of carbonyl (C=O) groups excluding carboxylic acids is 2. The Morgan fingerprint density at radius 2 is 0.964 bits per heavy atom. The molecule has 0 atom stereocenters. The number of aliphatic hydroxyl groups is 2. The lowest BCUT2D eigenvalue weighted by atomic mass is 10.2. The maximum Gasteiger partial charge on any atom is 0.386 e. The van der Waals surface area contributed by atoms with Crippen LogP contribution in [-0.4, -0.2) is 61.8 Å². The van der Waals surface area contributed by atoms with Gasteiger partial charge in [0, 0.05) is 0 Å². The van der Waals surface area contributed by atoms with Gasteiger partial charge in [-0.05, 0) is 24.3 Å². The van der Waals surface area contributed by atoms with Crippen molar-refractivity contribution >= 4 is 11.9 Å². The summed E-state index contributed by atoms with van der Waals surface area (Å²) in [5.41, 5.74) is 0.636.